The van der Waals surface area contributed by atoms with Crippen molar-refractivity contribution < 1.29 is 23.5 Å². The summed E-state index contributed by atoms with van der Waals surface area (Å²) in [7, 11) is 0. The van der Waals surface area contributed by atoms with Crippen LogP contribution in [0.2, 0.25) is 0 Å². The van der Waals surface area contributed by atoms with E-state index >= 15 is 0 Å². The third kappa shape index (κ3) is 2.85. The van der Waals surface area contributed by atoms with Crippen LogP contribution in [0.5, 0.6) is 5.88 Å². The summed E-state index contributed by atoms with van der Waals surface area (Å²) in [5, 5.41) is 12.5. The summed E-state index contributed by atoms with van der Waals surface area (Å²) in [5.41, 5.74) is 4.80. The largest absolute Gasteiger partial charge is 0.472 e. The van der Waals surface area contributed by atoms with Gasteiger partial charge in [0.2, 0.25) is 11.8 Å². The van der Waals surface area contributed by atoms with Crippen molar-refractivity contribution in [2.24, 2.45) is 5.73 Å². The number of carbonyl (C=O) groups excluding carboxylic acids is 1. The van der Waals surface area contributed by atoms with E-state index in [0.29, 0.717) is 4.85 Å². The Balaban J connectivity index is 2.30. The number of aromatic nitrogens is 2. The minimum absolute atomic E-state index is 0.00231. The number of halogens is 2. The maximum Gasteiger partial charge on any atom is 0.264 e. The Morgan fingerprint density at radius 1 is 1.45 bits per heavy atom. The first-order chi connectivity index (χ1) is 9.49. The zero-order valence-corrected chi connectivity index (χ0v) is 10.2. The molecule has 0 aliphatic heterocycles. The lowest BCUT2D eigenvalue weighted by atomic mass is 10.0. The molecule has 0 bridgehead atoms. The van der Waals surface area contributed by atoms with Crippen LogP contribution in [0, 0.1) is 0 Å². The summed E-state index contributed by atoms with van der Waals surface area (Å²) >= 11 is 0. The van der Waals surface area contributed by atoms with Crippen LogP contribution in [0.25, 0.3) is 0 Å². The Bertz CT molecular complexity index is 628. The van der Waals surface area contributed by atoms with Crippen LogP contribution in [-0.2, 0) is 6.61 Å². The number of primary amides is 1. The van der Waals surface area contributed by atoms with Crippen LogP contribution in [0.1, 0.15) is 27.9 Å². The lowest BCUT2D eigenvalue weighted by molar-refractivity contribution is 0.0995. The average molecular weight is 283 g/mol. The standard InChI is InChI=1S/C12H11F2N3O3/c13-11(14)7-2-1-3-8(12(15)18)9(7)6-20-10-4-5-17(19)16-10/h1-5,11,19H,6H2,(H2,15,18). The summed E-state index contributed by atoms with van der Waals surface area (Å²) in [4.78, 5) is 11.8. The van der Waals surface area contributed by atoms with E-state index in [1.165, 1.54) is 30.5 Å². The predicted octanol–water partition coefficient (Wildman–Crippen LogP) is 1.74. The van der Waals surface area contributed by atoms with E-state index in [1.807, 2.05) is 0 Å². The molecule has 106 valence electrons. The van der Waals surface area contributed by atoms with Crippen molar-refractivity contribution in [1.29, 1.82) is 0 Å². The first kappa shape index (κ1) is 13.8. The first-order valence-corrected chi connectivity index (χ1v) is 5.56. The van der Waals surface area contributed by atoms with Gasteiger partial charge >= 0.3 is 0 Å². The van der Waals surface area contributed by atoms with Gasteiger partial charge in [-0.05, 0) is 6.07 Å². The molecule has 0 saturated carbocycles. The van der Waals surface area contributed by atoms with Gasteiger partial charge in [-0.1, -0.05) is 17.2 Å². The SMILES string of the molecule is NC(=O)c1cccc(C(F)F)c1COc1ccn(O)n1. The molecule has 0 radical (unpaired) electrons. The second-order valence-electron chi connectivity index (χ2n) is 3.90. The molecule has 0 saturated heterocycles. The van der Waals surface area contributed by atoms with Crippen LogP contribution < -0.4 is 10.5 Å². The van der Waals surface area contributed by atoms with E-state index in [2.05, 4.69) is 5.10 Å². The third-order valence-corrected chi connectivity index (χ3v) is 2.63. The lowest BCUT2D eigenvalue weighted by Gasteiger charge is -2.12. The van der Waals surface area contributed by atoms with Gasteiger partial charge in [0.25, 0.3) is 6.43 Å². The fourth-order valence-electron chi connectivity index (χ4n) is 1.72. The molecule has 0 aliphatic rings. The quantitative estimate of drug-likeness (QED) is 0.818. The number of nitrogens with two attached hydrogens (primary N) is 1. The van der Waals surface area contributed by atoms with Crippen LogP contribution in [0.15, 0.2) is 30.5 Å². The van der Waals surface area contributed by atoms with Crippen LogP contribution in [-0.4, -0.2) is 21.1 Å². The molecule has 1 aromatic carbocycles. The number of nitrogens with zero attached hydrogens (tertiary/aromatic N) is 2. The molecule has 0 spiro atoms. The van der Waals surface area contributed by atoms with Crippen LogP contribution >= 0.6 is 0 Å². The molecule has 0 unspecified atom stereocenters. The smallest absolute Gasteiger partial charge is 0.264 e. The van der Waals surface area contributed by atoms with E-state index in [0.717, 1.165) is 0 Å². The van der Waals surface area contributed by atoms with Gasteiger partial charge in [-0.3, -0.25) is 4.79 Å². The molecule has 0 fully saturated rings. The average Bonchev–Trinajstić information content (AvgIpc) is 2.81. The molecule has 8 heteroatoms. The monoisotopic (exact) mass is 283 g/mol. The molecule has 6 nitrogen and oxygen atoms in total. The van der Waals surface area contributed by atoms with Gasteiger partial charge in [-0.2, -0.15) is 0 Å². The fraction of sp³-hybridized carbons (Fsp3) is 0.167. The topological polar surface area (TPSA) is 90.4 Å². The highest BCUT2D eigenvalue weighted by molar-refractivity contribution is 5.94. The van der Waals surface area contributed by atoms with Crippen molar-refractivity contribution in [3.8, 4) is 5.88 Å². The first-order valence-electron chi connectivity index (χ1n) is 5.56. The Labute approximate surface area is 112 Å². The molecule has 3 N–H and O–H groups in total. The second-order valence-corrected chi connectivity index (χ2v) is 3.90. The maximum absolute atomic E-state index is 12.9. The summed E-state index contributed by atoms with van der Waals surface area (Å²) < 4.78 is 31.0. The van der Waals surface area contributed by atoms with Gasteiger partial charge < -0.3 is 15.7 Å². The molecular weight excluding hydrogens is 272 g/mol. The summed E-state index contributed by atoms with van der Waals surface area (Å²) in [6.45, 7) is -0.310. The molecule has 0 aliphatic carbocycles. The van der Waals surface area contributed by atoms with Crippen molar-refractivity contribution in [2.45, 2.75) is 13.0 Å². The Morgan fingerprint density at radius 2 is 2.20 bits per heavy atom. The van der Waals surface area contributed by atoms with Gasteiger partial charge in [-0.15, -0.1) is 4.85 Å². The van der Waals surface area contributed by atoms with Crippen LogP contribution in [0.4, 0.5) is 8.78 Å². The predicted molar refractivity (Wildman–Crippen MR) is 63.7 cm³/mol. The van der Waals surface area contributed by atoms with Gasteiger partial charge in [-0.25, -0.2) is 8.78 Å². The molecule has 1 heterocycles. The summed E-state index contributed by atoms with van der Waals surface area (Å²) in [5.74, 6) is -0.786. The number of hydrogen-bond acceptors (Lipinski definition) is 4. The van der Waals surface area contributed by atoms with Gasteiger partial charge in [0.15, 0.2) is 0 Å². The number of amides is 1. The number of benzene rings is 1. The maximum atomic E-state index is 12.9. The molecule has 1 aromatic heterocycles. The Kier molecular flexibility index (Phi) is 3.83. The minimum atomic E-state index is -2.76. The number of rotatable bonds is 5. The van der Waals surface area contributed by atoms with E-state index in [1.54, 1.807) is 0 Å². The third-order valence-electron chi connectivity index (χ3n) is 2.63. The van der Waals surface area contributed by atoms with Crippen molar-refractivity contribution in [3.05, 3.63) is 47.2 Å². The molecular formula is C12H11F2N3O3. The lowest BCUT2D eigenvalue weighted by Crippen LogP contribution is -2.16. The highest BCUT2D eigenvalue weighted by atomic mass is 19.3. The zero-order valence-electron chi connectivity index (χ0n) is 10.2. The number of ether oxygens (including phenoxy) is 1. The van der Waals surface area contributed by atoms with Gasteiger partial charge in [0.05, 0.1) is 6.20 Å². The molecule has 2 rings (SSSR count). The Morgan fingerprint density at radius 3 is 2.75 bits per heavy atom. The van der Waals surface area contributed by atoms with Crippen molar-refractivity contribution in [2.75, 3.05) is 0 Å². The Hall–Kier alpha value is -2.64. The fourth-order valence-corrected chi connectivity index (χ4v) is 1.72. The van der Waals surface area contributed by atoms with E-state index in [9.17, 15) is 13.6 Å². The number of alkyl halides is 2. The number of carbonyl (C=O) groups is 1. The second kappa shape index (κ2) is 5.55. The van der Waals surface area contributed by atoms with Crippen LogP contribution in [0.3, 0.4) is 0 Å². The summed E-state index contributed by atoms with van der Waals surface area (Å²) in [6, 6.07) is 5.21. The van der Waals surface area contributed by atoms with E-state index in [-0.39, 0.29) is 29.2 Å². The molecule has 20 heavy (non-hydrogen) atoms. The van der Waals surface area contributed by atoms with Crippen molar-refractivity contribution in [1.82, 2.24) is 9.94 Å². The van der Waals surface area contributed by atoms with Gasteiger partial charge in [0.1, 0.15) is 6.61 Å². The normalized spacial score (nSPS) is 10.8. The molecule has 1 amide bonds. The zero-order chi connectivity index (χ0) is 14.7. The molecule has 0 atom stereocenters. The highest BCUT2D eigenvalue weighted by Crippen LogP contribution is 2.26. The van der Waals surface area contributed by atoms with Gasteiger partial charge in [0, 0.05) is 22.8 Å². The molecule has 2 aromatic rings. The van der Waals surface area contributed by atoms with E-state index in [4.69, 9.17) is 15.7 Å². The minimum Gasteiger partial charge on any atom is -0.472 e. The van der Waals surface area contributed by atoms with E-state index < -0.39 is 12.3 Å². The van der Waals surface area contributed by atoms with Crippen molar-refractivity contribution in [3.63, 3.8) is 0 Å². The summed E-state index contributed by atoms with van der Waals surface area (Å²) in [6.07, 6.45) is -1.55. The van der Waals surface area contributed by atoms with Crippen molar-refractivity contribution >= 4 is 5.91 Å². The highest BCUT2D eigenvalue weighted by Gasteiger charge is 2.19. The number of hydrogen-bond donors (Lipinski definition) is 2.